The van der Waals surface area contributed by atoms with E-state index in [1.807, 2.05) is 36.4 Å². The third-order valence-corrected chi connectivity index (χ3v) is 4.82. The molecule has 2 atom stereocenters. The van der Waals surface area contributed by atoms with Gasteiger partial charge in [0.1, 0.15) is 5.75 Å². The highest BCUT2D eigenvalue weighted by Gasteiger charge is 2.31. The van der Waals surface area contributed by atoms with E-state index in [0.717, 1.165) is 23.6 Å². The van der Waals surface area contributed by atoms with Crippen LogP contribution in [0.1, 0.15) is 25.7 Å². The van der Waals surface area contributed by atoms with Crippen LogP contribution >= 0.6 is 0 Å². The molecule has 0 aromatic heterocycles. The van der Waals surface area contributed by atoms with Gasteiger partial charge in [0.15, 0.2) is 6.61 Å². The minimum atomic E-state index is -1.22. The SMILES string of the molecule is O=C(COc1ccc2ccccc2c1)NNC(=O)[C@@H]1CCCC[C@@H]1C(=O)[O-]. The summed E-state index contributed by atoms with van der Waals surface area (Å²) in [5.74, 6) is -3.23. The molecular formula is C20H21N2O5-. The van der Waals surface area contributed by atoms with Gasteiger partial charge in [0.2, 0.25) is 5.91 Å². The summed E-state index contributed by atoms with van der Waals surface area (Å²) < 4.78 is 5.45. The van der Waals surface area contributed by atoms with Crippen LogP contribution in [0.5, 0.6) is 5.75 Å². The first-order valence-electron chi connectivity index (χ1n) is 8.96. The van der Waals surface area contributed by atoms with Crippen LogP contribution in [0.15, 0.2) is 42.5 Å². The highest BCUT2D eigenvalue weighted by atomic mass is 16.5. The number of hydrogen-bond acceptors (Lipinski definition) is 5. The molecule has 27 heavy (non-hydrogen) atoms. The number of hydrazine groups is 1. The second-order valence-corrected chi connectivity index (χ2v) is 6.65. The Morgan fingerprint density at radius 2 is 1.67 bits per heavy atom. The molecule has 2 aromatic carbocycles. The lowest BCUT2D eigenvalue weighted by Gasteiger charge is -2.31. The quantitative estimate of drug-likeness (QED) is 0.762. The van der Waals surface area contributed by atoms with Gasteiger partial charge in [-0.25, -0.2) is 0 Å². The molecule has 2 N–H and O–H groups in total. The van der Waals surface area contributed by atoms with E-state index >= 15 is 0 Å². The number of carboxylic acids is 1. The summed E-state index contributed by atoms with van der Waals surface area (Å²) in [5.41, 5.74) is 4.56. The van der Waals surface area contributed by atoms with Crippen molar-refractivity contribution in [1.82, 2.24) is 10.9 Å². The van der Waals surface area contributed by atoms with Gasteiger partial charge >= 0.3 is 0 Å². The largest absolute Gasteiger partial charge is 0.550 e. The van der Waals surface area contributed by atoms with E-state index in [-0.39, 0.29) is 6.61 Å². The zero-order chi connectivity index (χ0) is 19.2. The van der Waals surface area contributed by atoms with Gasteiger partial charge in [-0.05, 0) is 35.7 Å². The van der Waals surface area contributed by atoms with Gasteiger partial charge in [0.05, 0.1) is 0 Å². The first-order valence-corrected chi connectivity index (χ1v) is 8.96. The zero-order valence-electron chi connectivity index (χ0n) is 14.8. The maximum Gasteiger partial charge on any atom is 0.276 e. The topological polar surface area (TPSA) is 108 Å². The van der Waals surface area contributed by atoms with Gasteiger partial charge in [-0.2, -0.15) is 0 Å². The van der Waals surface area contributed by atoms with Crippen molar-refractivity contribution >= 4 is 28.6 Å². The first kappa shape index (κ1) is 18.7. The summed E-state index contributed by atoms with van der Waals surface area (Å²) in [6.07, 6.45) is 2.42. The van der Waals surface area contributed by atoms with Crippen LogP contribution in [0, 0.1) is 11.8 Å². The summed E-state index contributed by atoms with van der Waals surface area (Å²) in [6, 6.07) is 13.3. The summed E-state index contributed by atoms with van der Waals surface area (Å²) in [7, 11) is 0. The molecule has 2 aromatic rings. The third-order valence-electron chi connectivity index (χ3n) is 4.82. The molecule has 7 heteroatoms. The smallest absolute Gasteiger partial charge is 0.276 e. The molecule has 1 saturated carbocycles. The van der Waals surface area contributed by atoms with Crippen molar-refractivity contribution in [3.05, 3.63) is 42.5 Å². The number of rotatable bonds is 5. The zero-order valence-corrected chi connectivity index (χ0v) is 14.8. The van der Waals surface area contributed by atoms with Crippen molar-refractivity contribution in [2.24, 2.45) is 11.8 Å². The third kappa shape index (κ3) is 4.75. The van der Waals surface area contributed by atoms with Gasteiger partial charge in [-0.15, -0.1) is 0 Å². The van der Waals surface area contributed by atoms with Crippen LogP contribution in [0.4, 0.5) is 0 Å². The van der Waals surface area contributed by atoms with Gasteiger partial charge in [0, 0.05) is 17.8 Å². The lowest BCUT2D eigenvalue weighted by Crippen LogP contribution is -2.50. The number of hydrogen-bond donors (Lipinski definition) is 2. The minimum absolute atomic E-state index is 0.271. The number of ether oxygens (including phenoxy) is 1. The number of benzene rings is 2. The van der Waals surface area contributed by atoms with E-state index in [4.69, 9.17) is 4.74 Å². The molecule has 0 spiro atoms. The van der Waals surface area contributed by atoms with Gasteiger partial charge in [-0.3, -0.25) is 20.4 Å². The Bertz CT molecular complexity index is 851. The Hall–Kier alpha value is -3.09. The number of aliphatic carboxylic acids is 1. The molecule has 3 rings (SSSR count). The maximum absolute atomic E-state index is 12.2. The summed E-state index contributed by atoms with van der Waals surface area (Å²) in [6.45, 7) is -0.271. The van der Waals surface area contributed by atoms with Crippen LogP contribution in [0.3, 0.4) is 0 Å². The van der Waals surface area contributed by atoms with Gasteiger partial charge < -0.3 is 14.6 Å². The number of carbonyl (C=O) groups excluding carboxylic acids is 3. The second-order valence-electron chi connectivity index (χ2n) is 6.65. The Labute approximate surface area is 156 Å². The first-order chi connectivity index (χ1) is 13.0. The molecule has 0 unspecified atom stereocenters. The van der Waals surface area contributed by atoms with Crippen LogP contribution in [0.25, 0.3) is 10.8 Å². The second kappa shape index (κ2) is 8.53. The Kier molecular flexibility index (Phi) is 5.90. The van der Waals surface area contributed by atoms with E-state index in [2.05, 4.69) is 10.9 Å². The molecule has 1 fully saturated rings. The van der Waals surface area contributed by atoms with Crippen LogP contribution in [-0.2, 0) is 14.4 Å². The van der Waals surface area contributed by atoms with Gasteiger partial charge in [0.25, 0.3) is 5.91 Å². The number of carbonyl (C=O) groups is 3. The predicted molar refractivity (Wildman–Crippen MR) is 96.2 cm³/mol. The minimum Gasteiger partial charge on any atom is -0.550 e. The molecule has 0 bridgehead atoms. The molecule has 1 aliphatic carbocycles. The van der Waals surface area contributed by atoms with Crippen molar-refractivity contribution in [3.63, 3.8) is 0 Å². The molecule has 7 nitrogen and oxygen atoms in total. The average molecular weight is 369 g/mol. The van der Waals surface area contributed by atoms with Crippen molar-refractivity contribution in [2.45, 2.75) is 25.7 Å². The molecule has 142 valence electrons. The summed E-state index contributed by atoms with van der Waals surface area (Å²) in [5, 5.41) is 13.2. The van der Waals surface area contributed by atoms with Gasteiger partial charge in [-0.1, -0.05) is 43.2 Å². The Balaban J connectivity index is 1.48. The maximum atomic E-state index is 12.2. The van der Waals surface area contributed by atoms with Crippen molar-refractivity contribution in [3.8, 4) is 5.75 Å². The van der Waals surface area contributed by atoms with Crippen molar-refractivity contribution in [1.29, 1.82) is 0 Å². The normalized spacial score (nSPS) is 19.3. The van der Waals surface area contributed by atoms with E-state index < -0.39 is 29.6 Å². The van der Waals surface area contributed by atoms with Crippen LogP contribution in [-0.4, -0.2) is 24.4 Å². The Morgan fingerprint density at radius 1 is 0.963 bits per heavy atom. The molecular weight excluding hydrogens is 348 g/mol. The number of carboxylic acid groups (broad SMARTS) is 1. The molecule has 2 amide bonds. The van der Waals surface area contributed by atoms with Crippen molar-refractivity contribution in [2.75, 3.05) is 6.61 Å². The van der Waals surface area contributed by atoms with Crippen molar-refractivity contribution < 1.29 is 24.2 Å². The highest BCUT2D eigenvalue weighted by molar-refractivity contribution is 5.87. The molecule has 0 heterocycles. The van der Waals surface area contributed by atoms with E-state index in [9.17, 15) is 19.5 Å². The van der Waals surface area contributed by atoms with E-state index in [0.29, 0.717) is 18.6 Å². The lowest BCUT2D eigenvalue weighted by molar-refractivity contribution is -0.314. The number of fused-ring (bicyclic) bond motifs is 1. The standard InChI is InChI=1S/C20H22N2O5/c23-18(12-27-15-10-9-13-5-1-2-6-14(13)11-15)21-22-19(24)16-7-3-4-8-17(16)20(25)26/h1-2,5-6,9-11,16-17H,3-4,7-8,12H2,(H,21,23)(H,22,24)(H,25,26)/p-1/t16-,17+/m1/s1. The fourth-order valence-corrected chi connectivity index (χ4v) is 3.39. The van der Waals surface area contributed by atoms with E-state index in [1.54, 1.807) is 6.07 Å². The Morgan fingerprint density at radius 3 is 2.41 bits per heavy atom. The molecule has 0 radical (unpaired) electrons. The highest BCUT2D eigenvalue weighted by Crippen LogP contribution is 2.29. The molecule has 1 aliphatic rings. The van der Waals surface area contributed by atoms with E-state index in [1.165, 1.54) is 0 Å². The van der Waals surface area contributed by atoms with Crippen LogP contribution in [0.2, 0.25) is 0 Å². The lowest BCUT2D eigenvalue weighted by atomic mass is 9.79. The monoisotopic (exact) mass is 369 g/mol. The predicted octanol–water partition coefficient (Wildman–Crippen LogP) is 0.922. The summed E-state index contributed by atoms with van der Waals surface area (Å²) >= 11 is 0. The molecule has 0 aliphatic heterocycles. The number of amides is 2. The molecule has 0 saturated heterocycles. The summed E-state index contributed by atoms with van der Waals surface area (Å²) in [4.78, 5) is 35.2. The fourth-order valence-electron chi connectivity index (χ4n) is 3.39. The average Bonchev–Trinajstić information content (AvgIpc) is 2.70. The fraction of sp³-hybridized carbons (Fsp3) is 0.350. The number of nitrogens with one attached hydrogen (secondary N) is 2. The van der Waals surface area contributed by atoms with Crippen LogP contribution < -0.4 is 20.7 Å².